The first-order chi connectivity index (χ1) is 9.10. The summed E-state index contributed by atoms with van der Waals surface area (Å²) in [4.78, 5) is 10.2. The number of guanidine groups is 1. The molecule has 1 rings (SSSR count). The molecule has 108 valence electrons. The van der Waals surface area contributed by atoms with Crippen molar-refractivity contribution in [3.8, 4) is 0 Å². The Labute approximate surface area is 120 Å². The van der Waals surface area contributed by atoms with Crippen molar-refractivity contribution in [3.63, 3.8) is 0 Å². The number of hydrogen-bond donors (Lipinski definition) is 2. The van der Waals surface area contributed by atoms with Crippen LogP contribution in [0, 0.1) is 6.92 Å². The number of thiazole rings is 1. The van der Waals surface area contributed by atoms with Crippen LogP contribution < -0.4 is 10.6 Å². The van der Waals surface area contributed by atoms with E-state index in [4.69, 9.17) is 0 Å². The van der Waals surface area contributed by atoms with Gasteiger partial charge in [-0.15, -0.1) is 11.3 Å². The summed E-state index contributed by atoms with van der Waals surface area (Å²) in [5.41, 5.74) is 1.24. The van der Waals surface area contributed by atoms with Crippen molar-refractivity contribution in [1.29, 1.82) is 0 Å². The van der Waals surface area contributed by atoms with Crippen molar-refractivity contribution >= 4 is 17.3 Å². The third-order valence-corrected chi connectivity index (χ3v) is 4.20. The van der Waals surface area contributed by atoms with Crippen molar-refractivity contribution in [1.82, 2.24) is 15.6 Å². The van der Waals surface area contributed by atoms with E-state index in [2.05, 4.69) is 48.3 Å². The summed E-state index contributed by atoms with van der Waals surface area (Å²) in [7, 11) is 1.81. The smallest absolute Gasteiger partial charge is 0.191 e. The monoisotopic (exact) mass is 282 g/mol. The summed E-state index contributed by atoms with van der Waals surface area (Å²) in [6.07, 6.45) is 3.06. The van der Waals surface area contributed by atoms with Gasteiger partial charge in [0.05, 0.1) is 10.7 Å². The molecule has 1 aromatic heterocycles. The first kappa shape index (κ1) is 16.0. The molecular weight excluding hydrogens is 256 g/mol. The van der Waals surface area contributed by atoms with Crippen molar-refractivity contribution in [2.45, 2.75) is 53.0 Å². The molecule has 1 heterocycles. The summed E-state index contributed by atoms with van der Waals surface area (Å²) in [5, 5.41) is 7.90. The van der Waals surface area contributed by atoms with Gasteiger partial charge in [-0.05, 0) is 26.7 Å². The van der Waals surface area contributed by atoms with Crippen LogP contribution in [-0.4, -0.2) is 30.6 Å². The standard InChI is InChI=1S/C14H26N4S/c1-6-10(3)17-14(15-5)16-9-8-13-18-12(7-2)11(4)19-13/h10H,6-9H2,1-5H3,(H2,15,16,17). The molecule has 0 aliphatic carbocycles. The molecule has 0 aliphatic heterocycles. The third kappa shape index (κ3) is 5.19. The molecule has 0 amide bonds. The van der Waals surface area contributed by atoms with E-state index in [0.717, 1.165) is 31.8 Å². The number of aromatic nitrogens is 1. The molecule has 0 radical (unpaired) electrons. The van der Waals surface area contributed by atoms with E-state index in [1.807, 2.05) is 0 Å². The Bertz CT molecular complexity index is 412. The molecule has 1 aromatic rings. The fourth-order valence-electron chi connectivity index (χ4n) is 1.74. The first-order valence-corrected chi connectivity index (χ1v) is 7.84. The quantitative estimate of drug-likeness (QED) is 0.622. The molecule has 19 heavy (non-hydrogen) atoms. The lowest BCUT2D eigenvalue weighted by atomic mass is 10.3. The average molecular weight is 282 g/mol. The maximum Gasteiger partial charge on any atom is 0.191 e. The molecule has 0 aromatic carbocycles. The van der Waals surface area contributed by atoms with Crippen LogP contribution in [0.25, 0.3) is 0 Å². The molecule has 0 spiro atoms. The molecule has 2 N–H and O–H groups in total. The van der Waals surface area contributed by atoms with Crippen molar-refractivity contribution < 1.29 is 0 Å². The second kappa shape index (κ2) is 8.15. The van der Waals surface area contributed by atoms with Crippen LogP contribution in [0.3, 0.4) is 0 Å². The molecule has 0 saturated carbocycles. The van der Waals surface area contributed by atoms with E-state index in [0.29, 0.717) is 6.04 Å². The minimum atomic E-state index is 0.444. The summed E-state index contributed by atoms with van der Waals surface area (Å²) < 4.78 is 0. The fourth-order valence-corrected chi connectivity index (χ4v) is 2.76. The van der Waals surface area contributed by atoms with E-state index < -0.39 is 0 Å². The number of rotatable bonds is 6. The van der Waals surface area contributed by atoms with Gasteiger partial charge in [-0.2, -0.15) is 0 Å². The van der Waals surface area contributed by atoms with Gasteiger partial charge in [0.2, 0.25) is 0 Å². The Morgan fingerprint density at radius 2 is 2.16 bits per heavy atom. The molecule has 5 heteroatoms. The lowest BCUT2D eigenvalue weighted by molar-refractivity contribution is 0.624. The van der Waals surface area contributed by atoms with Crippen molar-refractivity contribution in [3.05, 3.63) is 15.6 Å². The van der Waals surface area contributed by atoms with Crippen LogP contribution in [0.5, 0.6) is 0 Å². The van der Waals surface area contributed by atoms with Gasteiger partial charge in [-0.1, -0.05) is 13.8 Å². The lowest BCUT2D eigenvalue weighted by Crippen LogP contribution is -2.42. The van der Waals surface area contributed by atoms with Gasteiger partial charge in [-0.25, -0.2) is 4.98 Å². The SMILES string of the molecule is CCc1nc(CCNC(=NC)NC(C)CC)sc1C. The Hall–Kier alpha value is -1.10. The van der Waals surface area contributed by atoms with Crippen LogP contribution in [0.15, 0.2) is 4.99 Å². The molecule has 4 nitrogen and oxygen atoms in total. The van der Waals surface area contributed by atoms with E-state index >= 15 is 0 Å². The molecule has 0 fully saturated rings. The summed E-state index contributed by atoms with van der Waals surface area (Å²) in [6, 6.07) is 0.444. The largest absolute Gasteiger partial charge is 0.356 e. The van der Waals surface area contributed by atoms with Crippen LogP contribution in [0.4, 0.5) is 0 Å². The van der Waals surface area contributed by atoms with Crippen LogP contribution >= 0.6 is 11.3 Å². The van der Waals surface area contributed by atoms with Gasteiger partial charge in [0.25, 0.3) is 0 Å². The minimum absolute atomic E-state index is 0.444. The highest BCUT2D eigenvalue weighted by molar-refractivity contribution is 7.11. The Morgan fingerprint density at radius 3 is 2.68 bits per heavy atom. The zero-order valence-corrected chi connectivity index (χ0v) is 13.5. The van der Waals surface area contributed by atoms with E-state index in [9.17, 15) is 0 Å². The second-order valence-corrected chi connectivity index (χ2v) is 5.95. The van der Waals surface area contributed by atoms with Gasteiger partial charge in [-0.3, -0.25) is 4.99 Å². The Balaban J connectivity index is 2.40. The average Bonchev–Trinajstić information content (AvgIpc) is 2.77. The maximum atomic E-state index is 4.65. The predicted octanol–water partition coefficient (Wildman–Crippen LogP) is 2.52. The topological polar surface area (TPSA) is 49.3 Å². The number of aliphatic imine (C=N–C) groups is 1. The zero-order chi connectivity index (χ0) is 14.3. The third-order valence-electron chi connectivity index (χ3n) is 3.12. The zero-order valence-electron chi connectivity index (χ0n) is 12.7. The maximum absolute atomic E-state index is 4.65. The summed E-state index contributed by atoms with van der Waals surface area (Å²) in [5.74, 6) is 0.873. The lowest BCUT2D eigenvalue weighted by Gasteiger charge is -2.15. The highest BCUT2D eigenvalue weighted by Crippen LogP contribution is 2.17. The fraction of sp³-hybridized carbons (Fsp3) is 0.714. The summed E-state index contributed by atoms with van der Waals surface area (Å²) in [6.45, 7) is 9.49. The molecule has 1 atom stereocenters. The van der Waals surface area contributed by atoms with Crippen molar-refractivity contribution in [2.24, 2.45) is 4.99 Å². The van der Waals surface area contributed by atoms with Gasteiger partial charge >= 0.3 is 0 Å². The molecular formula is C14H26N4S. The second-order valence-electron chi connectivity index (χ2n) is 4.67. The van der Waals surface area contributed by atoms with E-state index in [-0.39, 0.29) is 0 Å². The van der Waals surface area contributed by atoms with Crippen LogP contribution in [0.1, 0.15) is 42.8 Å². The van der Waals surface area contributed by atoms with Gasteiger partial charge in [0, 0.05) is 30.9 Å². The number of hydrogen-bond acceptors (Lipinski definition) is 3. The highest BCUT2D eigenvalue weighted by atomic mass is 32.1. The van der Waals surface area contributed by atoms with Gasteiger partial charge in [0.1, 0.15) is 0 Å². The molecule has 0 saturated heterocycles. The molecule has 0 aliphatic rings. The first-order valence-electron chi connectivity index (χ1n) is 7.03. The molecule has 0 bridgehead atoms. The van der Waals surface area contributed by atoms with Gasteiger partial charge < -0.3 is 10.6 Å². The van der Waals surface area contributed by atoms with Crippen molar-refractivity contribution in [2.75, 3.05) is 13.6 Å². The Morgan fingerprint density at radius 1 is 1.42 bits per heavy atom. The van der Waals surface area contributed by atoms with Crippen LogP contribution in [0.2, 0.25) is 0 Å². The number of nitrogens with one attached hydrogen (secondary N) is 2. The summed E-state index contributed by atoms with van der Waals surface area (Å²) >= 11 is 1.81. The number of aryl methyl sites for hydroxylation is 2. The highest BCUT2D eigenvalue weighted by Gasteiger charge is 2.06. The molecule has 1 unspecified atom stereocenters. The Kier molecular flexibility index (Phi) is 6.84. The van der Waals surface area contributed by atoms with Gasteiger partial charge in [0.15, 0.2) is 5.96 Å². The normalized spacial score (nSPS) is 13.4. The van der Waals surface area contributed by atoms with E-state index in [1.165, 1.54) is 15.6 Å². The van der Waals surface area contributed by atoms with E-state index in [1.54, 1.807) is 18.4 Å². The number of nitrogens with zero attached hydrogens (tertiary/aromatic N) is 2. The van der Waals surface area contributed by atoms with Crippen LogP contribution in [-0.2, 0) is 12.8 Å². The predicted molar refractivity (Wildman–Crippen MR) is 84.2 cm³/mol. The minimum Gasteiger partial charge on any atom is -0.356 e.